The Bertz CT molecular complexity index is 2620. The summed E-state index contributed by atoms with van der Waals surface area (Å²) in [6, 6.07) is 4.81. The Morgan fingerprint density at radius 3 is 1.68 bits per heavy atom. The Morgan fingerprint density at radius 1 is 0.620 bits per heavy atom. The molecule has 3 aromatic rings. The molecule has 0 saturated heterocycles. The van der Waals surface area contributed by atoms with Gasteiger partial charge in [0, 0.05) is 43.6 Å². The van der Waals surface area contributed by atoms with E-state index in [-0.39, 0.29) is 102 Å². The Kier molecular flexibility index (Phi) is 46.4. The lowest BCUT2D eigenvalue weighted by Crippen LogP contribution is -2.41. The summed E-state index contributed by atoms with van der Waals surface area (Å²) in [6.45, 7) is 2.91. The van der Waals surface area contributed by atoms with Crippen LogP contribution in [0.15, 0.2) is 35.3 Å². The molecular formula is C66H112N9O16P. The van der Waals surface area contributed by atoms with Crippen LogP contribution in [0.5, 0.6) is 0 Å². The van der Waals surface area contributed by atoms with Gasteiger partial charge < -0.3 is 55.9 Å². The number of nitrogens with one attached hydrogen (secondary N) is 5. The number of rotatable bonds is 57. The van der Waals surface area contributed by atoms with Gasteiger partial charge in [0.25, 0.3) is 11.5 Å². The number of aromatic nitrogens is 4. The average molecular weight is 1320 g/mol. The predicted octanol–water partition coefficient (Wildman–Crippen LogP) is 12.5. The maximum Gasteiger partial charge on any atom is 0.472 e. The lowest BCUT2D eigenvalue weighted by Gasteiger charge is -2.20. The molecule has 0 aliphatic heterocycles. The van der Waals surface area contributed by atoms with Gasteiger partial charge in [-0.15, -0.1) is 0 Å². The summed E-state index contributed by atoms with van der Waals surface area (Å²) >= 11 is 0. The molecule has 3 atom stereocenters. The number of hydrogen-bond donors (Lipinski definition) is 8. The highest BCUT2D eigenvalue weighted by Gasteiger charge is 2.27. The zero-order chi connectivity index (χ0) is 66.0. The van der Waals surface area contributed by atoms with Crippen molar-refractivity contribution in [2.45, 2.75) is 258 Å². The molecule has 0 radical (unpaired) electrons. The molecule has 92 heavy (non-hydrogen) atoms. The maximum atomic E-state index is 12.9. The number of alkyl carbamates (subject to hydrolysis) is 1. The number of nitrogens with zero attached hydrogens (tertiary/aromatic N) is 3. The van der Waals surface area contributed by atoms with Crippen molar-refractivity contribution in [1.82, 2.24) is 35.9 Å². The number of ether oxygens (including phenoxy) is 4. The molecule has 25 nitrogen and oxygen atoms in total. The molecule has 3 amide bonds. The SMILES string of the molecule is C.CCCCCCCCCCCCCCCCCC(=O)OCC(COP(=O)(O)OCCNC(=O)OCCOCCNC(=O)CCC(NC(=O)c1ccc(NCc2cnc3nc(N)[nH]c(=O)c3n2)cc1)C(=O)O)OC(=O)CCCCCCCCCCCCCCCCC. The van der Waals surface area contributed by atoms with E-state index in [0.29, 0.717) is 24.2 Å². The topological polar surface area (TPSA) is 361 Å². The van der Waals surface area contributed by atoms with Crippen LogP contribution in [0.4, 0.5) is 16.4 Å². The summed E-state index contributed by atoms with van der Waals surface area (Å²) < 4.78 is 44.4. The zero-order valence-corrected chi connectivity index (χ0v) is 55.3. The molecule has 26 heteroatoms. The number of nitrogen functional groups attached to an aromatic ring is 1. The number of unbranched alkanes of at least 4 members (excludes halogenated alkanes) is 28. The Morgan fingerprint density at radius 2 is 1.14 bits per heavy atom. The molecule has 9 N–H and O–H groups in total. The fourth-order valence-corrected chi connectivity index (χ4v) is 10.6. The van der Waals surface area contributed by atoms with Crippen molar-refractivity contribution in [2.24, 2.45) is 0 Å². The van der Waals surface area contributed by atoms with Gasteiger partial charge >= 0.3 is 31.8 Å². The molecule has 3 unspecified atom stereocenters. The molecule has 0 spiro atoms. The largest absolute Gasteiger partial charge is 0.480 e. The van der Waals surface area contributed by atoms with Crippen LogP contribution < -0.4 is 32.6 Å². The van der Waals surface area contributed by atoms with Crippen molar-refractivity contribution in [2.75, 3.05) is 63.8 Å². The van der Waals surface area contributed by atoms with Crippen LogP contribution in [-0.4, -0.2) is 131 Å². The lowest BCUT2D eigenvalue weighted by molar-refractivity contribution is -0.161. The molecule has 1 aromatic carbocycles. The number of carboxylic acids is 1. The number of aliphatic carboxylic acids is 1. The minimum Gasteiger partial charge on any atom is -0.480 e. The summed E-state index contributed by atoms with van der Waals surface area (Å²) in [5.74, 6) is -3.54. The van der Waals surface area contributed by atoms with Crippen molar-refractivity contribution in [3.63, 3.8) is 0 Å². The Balaban J connectivity index is 0.0000288. The molecule has 0 fully saturated rings. The first-order valence-corrected chi connectivity index (χ1v) is 35.2. The van der Waals surface area contributed by atoms with Crippen molar-refractivity contribution in [1.29, 1.82) is 0 Å². The van der Waals surface area contributed by atoms with Gasteiger partial charge in [0.1, 0.15) is 19.3 Å². The van der Waals surface area contributed by atoms with Crippen LogP contribution in [0.3, 0.4) is 0 Å². The lowest BCUT2D eigenvalue weighted by atomic mass is 10.0. The quantitative estimate of drug-likeness (QED) is 0.0113. The second kappa shape index (κ2) is 52.1. The maximum absolute atomic E-state index is 12.9. The summed E-state index contributed by atoms with van der Waals surface area (Å²) in [4.78, 5) is 112. The summed E-state index contributed by atoms with van der Waals surface area (Å²) in [6.07, 6.45) is 35.2. The Labute approximate surface area is 545 Å². The normalized spacial score (nSPS) is 12.5. The van der Waals surface area contributed by atoms with Crippen LogP contribution >= 0.6 is 7.82 Å². The number of H-pyrrole nitrogens is 1. The van der Waals surface area contributed by atoms with Gasteiger partial charge in [-0.1, -0.05) is 201 Å². The highest BCUT2D eigenvalue weighted by molar-refractivity contribution is 7.47. The van der Waals surface area contributed by atoms with E-state index in [1.54, 1.807) is 12.1 Å². The number of carbonyl (C=O) groups excluding carboxylic acids is 5. The molecular weight excluding hydrogens is 1210 g/mol. The van der Waals surface area contributed by atoms with Gasteiger partial charge in [0.15, 0.2) is 17.3 Å². The number of carbonyl (C=O) groups is 6. The average Bonchev–Trinajstić information content (AvgIpc) is 1.07. The first kappa shape index (κ1) is 81.8. The fourth-order valence-electron chi connectivity index (χ4n) is 9.89. The van der Waals surface area contributed by atoms with E-state index in [4.69, 9.17) is 33.7 Å². The standard InChI is InChI=1S/C65H108N9O16P.CH4/c1-3-5-7-9-11-13-15-17-19-21-23-25-27-29-31-33-57(76)87-49-54(90-58(77)34-32-30-28-26-24-22-20-18-16-14-12-10-8-6-4-2)50-89-91(83,84)88-44-42-68-65(82)86-46-45-85-43-41-67-56(75)40-39-55(63(80)81)72-61(78)51-35-37-52(38-36-51)69-47-53-48-70-60-59(71-53)62(79)74-64(66)73-60;/h35-38,48,54-55,69H,3-34,39-47,49-50H2,1-2H3,(H,67,75)(H,68,82)(H,72,78)(H,80,81)(H,83,84)(H3,66,70,73,74,79);1H4. The number of phosphoric acid groups is 1. The number of phosphoric ester groups is 1. The van der Waals surface area contributed by atoms with Crippen LogP contribution in [0.1, 0.15) is 256 Å². The molecule has 2 aromatic heterocycles. The highest BCUT2D eigenvalue weighted by Crippen LogP contribution is 2.43. The van der Waals surface area contributed by atoms with Gasteiger partial charge in [-0.25, -0.2) is 24.1 Å². The van der Waals surface area contributed by atoms with E-state index in [0.717, 1.165) is 38.5 Å². The van der Waals surface area contributed by atoms with E-state index in [1.807, 2.05) is 0 Å². The number of fused-ring (bicyclic) bond motifs is 1. The predicted molar refractivity (Wildman–Crippen MR) is 356 cm³/mol. The number of carboxylic acid groups (broad SMARTS) is 1. The van der Waals surface area contributed by atoms with Gasteiger partial charge in [0.2, 0.25) is 11.9 Å². The first-order chi connectivity index (χ1) is 44.1. The number of benzene rings is 1. The van der Waals surface area contributed by atoms with Crippen molar-refractivity contribution >= 4 is 66.4 Å². The van der Waals surface area contributed by atoms with Crippen LogP contribution in [0.25, 0.3) is 11.2 Å². The number of anilines is 2. The number of hydrogen-bond acceptors (Lipinski definition) is 19. The summed E-state index contributed by atoms with van der Waals surface area (Å²) in [5, 5.41) is 20.2. The molecule has 2 heterocycles. The molecule has 522 valence electrons. The van der Waals surface area contributed by atoms with Crippen molar-refractivity contribution in [3.05, 3.63) is 52.1 Å². The van der Waals surface area contributed by atoms with E-state index in [2.05, 4.69) is 55.1 Å². The first-order valence-electron chi connectivity index (χ1n) is 33.7. The highest BCUT2D eigenvalue weighted by atomic mass is 31.2. The van der Waals surface area contributed by atoms with E-state index in [1.165, 1.54) is 160 Å². The minimum atomic E-state index is -4.72. The van der Waals surface area contributed by atoms with E-state index in [9.17, 15) is 48.1 Å². The third kappa shape index (κ3) is 41.3. The van der Waals surface area contributed by atoms with Crippen LogP contribution in [0.2, 0.25) is 0 Å². The van der Waals surface area contributed by atoms with Gasteiger partial charge in [-0.3, -0.25) is 38.0 Å². The number of aromatic amines is 1. The zero-order valence-electron chi connectivity index (χ0n) is 54.4. The minimum absolute atomic E-state index is 0. The molecule has 0 bridgehead atoms. The van der Waals surface area contributed by atoms with E-state index >= 15 is 0 Å². The molecule has 0 aliphatic rings. The van der Waals surface area contributed by atoms with Crippen LogP contribution in [0, 0.1) is 0 Å². The molecule has 0 aliphatic carbocycles. The molecule has 0 saturated carbocycles. The second-order valence-corrected chi connectivity index (χ2v) is 24.6. The number of amides is 3. The van der Waals surface area contributed by atoms with E-state index < -0.39 is 74.6 Å². The smallest absolute Gasteiger partial charge is 0.472 e. The fraction of sp³-hybridized carbons (Fsp3) is 0.727. The van der Waals surface area contributed by atoms with Crippen molar-refractivity contribution in [3.8, 4) is 0 Å². The third-order valence-corrected chi connectivity index (χ3v) is 16.1. The van der Waals surface area contributed by atoms with Gasteiger partial charge in [-0.05, 0) is 43.5 Å². The van der Waals surface area contributed by atoms with Crippen molar-refractivity contribution < 1.29 is 71.3 Å². The number of nitrogens with two attached hydrogens (primary N) is 1. The number of esters is 2. The van der Waals surface area contributed by atoms with Gasteiger partial charge in [0.05, 0.1) is 44.9 Å². The summed E-state index contributed by atoms with van der Waals surface area (Å²) in [7, 11) is -4.72. The summed E-state index contributed by atoms with van der Waals surface area (Å²) in [5.41, 5.74) is 6.38. The monoisotopic (exact) mass is 1320 g/mol. The molecule has 3 rings (SSSR count). The Hall–Kier alpha value is -6.27. The van der Waals surface area contributed by atoms with Crippen LogP contribution in [-0.2, 0) is 58.3 Å². The second-order valence-electron chi connectivity index (χ2n) is 23.1. The van der Waals surface area contributed by atoms with Gasteiger partial charge in [-0.2, -0.15) is 4.98 Å². The third-order valence-electron chi connectivity index (χ3n) is 15.1.